The van der Waals surface area contributed by atoms with Gasteiger partial charge in [0.15, 0.2) is 5.76 Å². The fourth-order valence-electron chi connectivity index (χ4n) is 3.83. The highest BCUT2D eigenvalue weighted by Crippen LogP contribution is 2.35. The van der Waals surface area contributed by atoms with E-state index in [1.165, 1.54) is 47.1 Å². The van der Waals surface area contributed by atoms with Crippen molar-refractivity contribution < 1.29 is 17.6 Å². The van der Waals surface area contributed by atoms with Crippen molar-refractivity contribution in [3.05, 3.63) is 34.0 Å². The maximum atomic E-state index is 12.7. The van der Waals surface area contributed by atoms with Gasteiger partial charge in [-0.1, -0.05) is 12.8 Å². The molecule has 152 valence electrons. The molecular weight excluding hydrogens is 400 g/mol. The summed E-state index contributed by atoms with van der Waals surface area (Å²) in [5.74, 6) is -0.315. The number of carbonyl (C=O) groups excluding carboxylic acids is 1. The lowest BCUT2D eigenvalue weighted by Crippen LogP contribution is -2.48. The van der Waals surface area contributed by atoms with Gasteiger partial charge in [0.25, 0.3) is 15.9 Å². The summed E-state index contributed by atoms with van der Waals surface area (Å²) in [6.07, 6.45) is 5.08. The van der Waals surface area contributed by atoms with Crippen LogP contribution in [0, 0.1) is 0 Å². The van der Waals surface area contributed by atoms with E-state index in [2.05, 4.69) is 10.3 Å². The lowest BCUT2D eigenvalue weighted by Gasteiger charge is -2.32. The Morgan fingerprint density at radius 2 is 1.93 bits per heavy atom. The van der Waals surface area contributed by atoms with Gasteiger partial charge in [-0.3, -0.25) is 9.69 Å². The summed E-state index contributed by atoms with van der Waals surface area (Å²) in [4.78, 5) is 18.2. The highest BCUT2D eigenvalue weighted by molar-refractivity contribution is 7.89. The molecule has 2 N–H and O–H groups in total. The Bertz CT molecular complexity index is 938. The molecule has 0 unspecified atom stereocenters. The molecule has 1 saturated carbocycles. The second kappa shape index (κ2) is 7.94. The van der Waals surface area contributed by atoms with Crippen LogP contribution in [0.25, 0.3) is 0 Å². The van der Waals surface area contributed by atoms with Gasteiger partial charge in [-0.25, -0.2) is 13.4 Å². The van der Waals surface area contributed by atoms with Crippen LogP contribution in [0.15, 0.2) is 27.0 Å². The number of rotatable bonds is 6. The van der Waals surface area contributed by atoms with Crippen LogP contribution >= 0.6 is 11.3 Å². The second-order valence-corrected chi connectivity index (χ2v) is 10.1. The van der Waals surface area contributed by atoms with Gasteiger partial charge in [0.05, 0.1) is 10.7 Å². The number of thiazole rings is 1. The van der Waals surface area contributed by atoms with Gasteiger partial charge in [-0.2, -0.15) is 4.31 Å². The Kier molecular flexibility index (Phi) is 5.55. The van der Waals surface area contributed by atoms with E-state index in [0.717, 1.165) is 12.2 Å². The first-order chi connectivity index (χ1) is 13.4. The smallest absolute Gasteiger partial charge is 0.284 e. The number of sulfonamides is 1. The molecule has 2 aromatic rings. The normalized spacial score (nSPS) is 20.0. The third-order valence-electron chi connectivity index (χ3n) is 5.41. The number of hydrogen-bond acceptors (Lipinski definition) is 7. The van der Waals surface area contributed by atoms with Gasteiger partial charge in [-0.15, -0.1) is 11.3 Å². The summed E-state index contributed by atoms with van der Waals surface area (Å²) in [5.41, 5.74) is 6.20. The van der Waals surface area contributed by atoms with Crippen molar-refractivity contribution in [3.8, 4) is 0 Å². The number of primary amides is 1. The average molecular weight is 425 g/mol. The topological polar surface area (TPSA) is 110 Å². The molecule has 0 bridgehead atoms. The first-order valence-corrected chi connectivity index (χ1v) is 11.8. The second-order valence-electron chi connectivity index (χ2n) is 7.32. The van der Waals surface area contributed by atoms with E-state index in [9.17, 15) is 13.2 Å². The summed E-state index contributed by atoms with van der Waals surface area (Å²) in [5, 5.41) is 3.14. The molecule has 2 fully saturated rings. The molecule has 1 saturated heterocycles. The number of furan rings is 1. The number of amides is 1. The molecule has 28 heavy (non-hydrogen) atoms. The molecule has 10 heteroatoms. The standard InChI is InChI=1S/C18H24N4O4S2/c19-17(23)15-5-6-16(26-15)28(24,25)22-9-7-21(8-10-22)11-14-12-27-18(20-14)13-3-1-2-4-13/h5-6,12-13H,1-4,7-11H2,(H2,19,23). The van der Waals surface area contributed by atoms with E-state index in [4.69, 9.17) is 15.1 Å². The number of nitrogens with zero attached hydrogens (tertiary/aromatic N) is 3. The Hall–Kier alpha value is -1.75. The summed E-state index contributed by atoms with van der Waals surface area (Å²) in [6.45, 7) is 2.73. The predicted octanol–water partition coefficient (Wildman–Crippen LogP) is 2.00. The van der Waals surface area contributed by atoms with Gasteiger partial charge in [0.2, 0.25) is 5.09 Å². The van der Waals surface area contributed by atoms with E-state index >= 15 is 0 Å². The lowest BCUT2D eigenvalue weighted by atomic mass is 10.1. The molecule has 2 aliphatic rings. The Balaban J connectivity index is 1.34. The molecule has 0 spiro atoms. The van der Waals surface area contributed by atoms with Crippen LogP contribution in [0.5, 0.6) is 0 Å². The maximum Gasteiger partial charge on any atom is 0.284 e. The molecule has 0 aromatic carbocycles. The van der Waals surface area contributed by atoms with E-state index in [0.29, 0.717) is 32.1 Å². The number of hydrogen-bond donors (Lipinski definition) is 1. The maximum absolute atomic E-state index is 12.7. The van der Waals surface area contributed by atoms with Crippen molar-refractivity contribution in [2.24, 2.45) is 5.73 Å². The minimum atomic E-state index is -3.76. The predicted molar refractivity (Wildman–Crippen MR) is 105 cm³/mol. The van der Waals surface area contributed by atoms with Crippen LogP contribution in [-0.4, -0.2) is 54.7 Å². The Morgan fingerprint density at radius 1 is 1.21 bits per heavy atom. The minimum Gasteiger partial charge on any atom is -0.438 e. The third-order valence-corrected chi connectivity index (χ3v) is 8.24. The number of aromatic nitrogens is 1. The number of piperazine rings is 1. The van der Waals surface area contributed by atoms with Crippen molar-refractivity contribution in [2.75, 3.05) is 26.2 Å². The largest absolute Gasteiger partial charge is 0.438 e. The quantitative estimate of drug-likeness (QED) is 0.759. The van der Waals surface area contributed by atoms with E-state index in [1.54, 1.807) is 11.3 Å². The van der Waals surface area contributed by atoms with Crippen LogP contribution < -0.4 is 5.73 Å². The molecule has 2 aromatic heterocycles. The van der Waals surface area contributed by atoms with E-state index < -0.39 is 15.9 Å². The third kappa shape index (κ3) is 4.00. The zero-order valence-corrected chi connectivity index (χ0v) is 17.2. The van der Waals surface area contributed by atoms with Crippen LogP contribution in [0.2, 0.25) is 0 Å². The van der Waals surface area contributed by atoms with Gasteiger partial charge in [0.1, 0.15) is 0 Å². The average Bonchev–Trinajstić information content (AvgIpc) is 3.43. The molecule has 0 atom stereocenters. The van der Waals surface area contributed by atoms with Crippen LogP contribution in [0.4, 0.5) is 0 Å². The van der Waals surface area contributed by atoms with Crippen molar-refractivity contribution >= 4 is 27.3 Å². The summed E-state index contributed by atoms with van der Waals surface area (Å²) >= 11 is 1.75. The molecule has 1 aliphatic carbocycles. The molecule has 1 amide bonds. The highest BCUT2D eigenvalue weighted by atomic mass is 32.2. The van der Waals surface area contributed by atoms with E-state index in [1.807, 2.05) is 0 Å². The van der Waals surface area contributed by atoms with Crippen molar-refractivity contribution in [3.63, 3.8) is 0 Å². The number of nitrogens with two attached hydrogens (primary N) is 1. The molecule has 1 aliphatic heterocycles. The van der Waals surface area contributed by atoms with Gasteiger partial charge >= 0.3 is 0 Å². The molecular formula is C18H24N4O4S2. The summed E-state index contributed by atoms with van der Waals surface area (Å²) in [6, 6.07) is 2.57. The van der Waals surface area contributed by atoms with Crippen LogP contribution in [0.3, 0.4) is 0 Å². The number of carbonyl (C=O) groups is 1. The first-order valence-electron chi connectivity index (χ1n) is 9.50. The summed E-state index contributed by atoms with van der Waals surface area (Å²) in [7, 11) is -3.76. The zero-order valence-electron chi connectivity index (χ0n) is 15.5. The molecule has 0 radical (unpaired) electrons. The SMILES string of the molecule is NC(=O)c1ccc(S(=O)(=O)N2CCN(Cc3csc(C4CCCC4)n3)CC2)o1. The van der Waals surface area contributed by atoms with Crippen molar-refractivity contribution in [2.45, 2.75) is 43.2 Å². The Labute approximate surface area is 168 Å². The summed E-state index contributed by atoms with van der Waals surface area (Å²) < 4.78 is 31.9. The van der Waals surface area contributed by atoms with Crippen molar-refractivity contribution in [1.29, 1.82) is 0 Å². The van der Waals surface area contributed by atoms with Crippen LogP contribution in [0.1, 0.15) is 52.9 Å². The highest BCUT2D eigenvalue weighted by Gasteiger charge is 2.31. The monoisotopic (exact) mass is 424 g/mol. The van der Waals surface area contributed by atoms with Gasteiger partial charge in [-0.05, 0) is 25.0 Å². The first kappa shape index (κ1) is 19.6. The molecule has 3 heterocycles. The lowest BCUT2D eigenvalue weighted by molar-refractivity contribution is 0.0968. The van der Waals surface area contributed by atoms with Gasteiger partial charge < -0.3 is 10.2 Å². The Morgan fingerprint density at radius 3 is 2.57 bits per heavy atom. The zero-order chi connectivity index (χ0) is 19.7. The molecule has 8 nitrogen and oxygen atoms in total. The van der Waals surface area contributed by atoms with Crippen LogP contribution in [-0.2, 0) is 16.6 Å². The van der Waals surface area contributed by atoms with Crippen molar-refractivity contribution in [1.82, 2.24) is 14.2 Å². The molecule has 4 rings (SSSR count). The fourth-order valence-corrected chi connectivity index (χ4v) is 6.15. The minimum absolute atomic E-state index is 0.154. The van der Waals surface area contributed by atoms with E-state index in [-0.39, 0.29) is 10.9 Å². The van der Waals surface area contributed by atoms with Gasteiger partial charge in [0, 0.05) is 44.0 Å². The fraction of sp³-hybridized carbons (Fsp3) is 0.556.